The minimum absolute atomic E-state index is 0.716. The second kappa shape index (κ2) is 5.73. The lowest BCUT2D eigenvalue weighted by atomic mass is 9.71. The molecule has 1 spiro atoms. The monoisotopic (exact) mass is 264 g/mol. The molecule has 3 fully saturated rings. The lowest BCUT2D eigenvalue weighted by molar-refractivity contribution is -0.0643. The Balaban J connectivity index is 1.40. The number of nitrogens with zero attached hydrogens (tertiary/aromatic N) is 2. The van der Waals surface area contributed by atoms with Crippen LogP contribution in [0.25, 0.3) is 0 Å². The van der Waals surface area contributed by atoms with Gasteiger partial charge in [-0.15, -0.1) is 0 Å². The lowest BCUT2D eigenvalue weighted by Crippen LogP contribution is -2.62. The molecule has 2 saturated heterocycles. The molecule has 1 saturated carbocycles. The molecule has 0 aromatic carbocycles. The van der Waals surface area contributed by atoms with E-state index in [0.29, 0.717) is 5.41 Å². The van der Waals surface area contributed by atoms with Gasteiger partial charge in [0.1, 0.15) is 0 Å². The summed E-state index contributed by atoms with van der Waals surface area (Å²) < 4.78 is 0. The molecule has 0 bridgehead atoms. The van der Waals surface area contributed by atoms with Crippen molar-refractivity contribution in [2.45, 2.75) is 64.8 Å². The van der Waals surface area contributed by atoms with E-state index in [1.165, 1.54) is 77.7 Å². The molecule has 0 amide bonds. The lowest BCUT2D eigenvalue weighted by Gasteiger charge is -2.56. The second-order valence-electron chi connectivity index (χ2n) is 7.80. The second-order valence-corrected chi connectivity index (χ2v) is 7.80. The maximum atomic E-state index is 2.78. The van der Waals surface area contributed by atoms with Gasteiger partial charge < -0.3 is 4.90 Å². The third kappa shape index (κ3) is 3.16. The Morgan fingerprint density at radius 3 is 2.21 bits per heavy atom. The molecule has 110 valence electrons. The van der Waals surface area contributed by atoms with Crippen molar-refractivity contribution in [1.82, 2.24) is 9.80 Å². The smallest absolute Gasteiger partial charge is 0.00541 e. The van der Waals surface area contributed by atoms with E-state index in [1.54, 1.807) is 0 Å². The number of likely N-dealkylation sites (tertiary alicyclic amines) is 2. The Morgan fingerprint density at radius 2 is 1.63 bits per heavy atom. The summed E-state index contributed by atoms with van der Waals surface area (Å²) in [6, 6.07) is 0.755. The first-order valence-electron chi connectivity index (χ1n) is 8.63. The predicted molar refractivity (Wildman–Crippen MR) is 81.4 cm³/mol. The van der Waals surface area contributed by atoms with Gasteiger partial charge in [-0.1, -0.05) is 19.3 Å². The first-order valence-corrected chi connectivity index (χ1v) is 8.63. The zero-order valence-electron chi connectivity index (χ0n) is 13.0. The van der Waals surface area contributed by atoms with Crippen LogP contribution in [0.1, 0.15) is 58.8 Å². The van der Waals surface area contributed by atoms with Crippen molar-refractivity contribution in [2.24, 2.45) is 11.3 Å². The molecular weight excluding hydrogens is 232 g/mol. The van der Waals surface area contributed by atoms with Crippen LogP contribution in [0.4, 0.5) is 0 Å². The van der Waals surface area contributed by atoms with Gasteiger partial charge in [-0.3, -0.25) is 4.90 Å². The van der Waals surface area contributed by atoms with Crippen LogP contribution in [-0.4, -0.2) is 48.6 Å². The van der Waals surface area contributed by atoms with E-state index in [4.69, 9.17) is 0 Å². The third-order valence-electron chi connectivity index (χ3n) is 5.97. The topological polar surface area (TPSA) is 6.48 Å². The summed E-state index contributed by atoms with van der Waals surface area (Å²) in [7, 11) is 0. The number of hydrogen-bond acceptors (Lipinski definition) is 2. The summed E-state index contributed by atoms with van der Waals surface area (Å²) in [5, 5.41) is 0. The predicted octanol–water partition coefficient (Wildman–Crippen LogP) is 3.37. The van der Waals surface area contributed by atoms with E-state index in [0.717, 1.165) is 12.0 Å². The van der Waals surface area contributed by atoms with Crippen LogP contribution in [0.5, 0.6) is 0 Å². The molecule has 2 nitrogen and oxygen atoms in total. The van der Waals surface area contributed by atoms with E-state index in [1.807, 2.05) is 0 Å². The fourth-order valence-corrected chi connectivity index (χ4v) is 4.44. The highest BCUT2D eigenvalue weighted by Crippen LogP contribution is 2.41. The van der Waals surface area contributed by atoms with Crippen molar-refractivity contribution < 1.29 is 0 Å². The van der Waals surface area contributed by atoms with E-state index >= 15 is 0 Å². The molecule has 1 aliphatic carbocycles. The summed E-state index contributed by atoms with van der Waals surface area (Å²) >= 11 is 0. The molecule has 3 aliphatic rings. The Morgan fingerprint density at radius 1 is 1.00 bits per heavy atom. The van der Waals surface area contributed by atoms with E-state index < -0.39 is 0 Å². The highest BCUT2D eigenvalue weighted by molar-refractivity contribution is 4.99. The van der Waals surface area contributed by atoms with Gasteiger partial charge in [-0.2, -0.15) is 0 Å². The van der Waals surface area contributed by atoms with Crippen LogP contribution in [0.15, 0.2) is 0 Å². The van der Waals surface area contributed by atoms with E-state index in [9.17, 15) is 0 Å². The minimum Gasteiger partial charge on any atom is -0.303 e. The molecule has 2 heteroatoms. The molecule has 3 rings (SSSR count). The first kappa shape index (κ1) is 13.9. The summed E-state index contributed by atoms with van der Waals surface area (Å²) in [6.07, 6.45) is 10.4. The van der Waals surface area contributed by atoms with E-state index in [-0.39, 0.29) is 0 Å². The fourth-order valence-electron chi connectivity index (χ4n) is 4.44. The average molecular weight is 264 g/mol. The Kier molecular flexibility index (Phi) is 4.19. The van der Waals surface area contributed by atoms with Gasteiger partial charge in [0.05, 0.1) is 0 Å². The van der Waals surface area contributed by atoms with Gasteiger partial charge in [-0.25, -0.2) is 0 Å². The summed E-state index contributed by atoms with van der Waals surface area (Å²) in [5.74, 6) is 1.02. The minimum atomic E-state index is 0.716. The van der Waals surface area contributed by atoms with Crippen molar-refractivity contribution in [3.05, 3.63) is 0 Å². The normalized spacial score (nSPS) is 29.8. The van der Waals surface area contributed by atoms with Crippen molar-refractivity contribution in [1.29, 1.82) is 0 Å². The number of hydrogen-bond donors (Lipinski definition) is 0. The zero-order valence-corrected chi connectivity index (χ0v) is 13.0. The van der Waals surface area contributed by atoms with Crippen molar-refractivity contribution in [3.8, 4) is 0 Å². The SMILES string of the molecule is CC(C)N1CC2(CCN(CC3CCCCC3)CC2)C1. The fraction of sp³-hybridized carbons (Fsp3) is 1.00. The summed E-state index contributed by atoms with van der Waals surface area (Å²) in [4.78, 5) is 5.43. The molecule has 0 aromatic rings. The highest BCUT2D eigenvalue weighted by atomic mass is 15.2. The van der Waals surface area contributed by atoms with Gasteiger partial charge in [-0.05, 0) is 64.0 Å². The molecule has 2 aliphatic heterocycles. The maximum Gasteiger partial charge on any atom is 0.00541 e. The first-order chi connectivity index (χ1) is 9.17. The summed E-state index contributed by atoms with van der Waals surface area (Å²) in [5.41, 5.74) is 0.716. The van der Waals surface area contributed by atoms with E-state index in [2.05, 4.69) is 23.6 Å². The highest BCUT2D eigenvalue weighted by Gasteiger charge is 2.45. The Bertz CT molecular complexity index is 278. The molecule has 0 radical (unpaired) electrons. The van der Waals surface area contributed by atoms with Gasteiger partial charge in [0.2, 0.25) is 0 Å². The van der Waals surface area contributed by atoms with Gasteiger partial charge in [0, 0.05) is 25.7 Å². The third-order valence-corrected chi connectivity index (χ3v) is 5.97. The van der Waals surface area contributed by atoms with Crippen molar-refractivity contribution >= 4 is 0 Å². The van der Waals surface area contributed by atoms with Crippen LogP contribution < -0.4 is 0 Å². The van der Waals surface area contributed by atoms with Crippen molar-refractivity contribution in [2.75, 3.05) is 32.7 Å². The Hall–Kier alpha value is -0.0800. The van der Waals surface area contributed by atoms with Crippen LogP contribution in [-0.2, 0) is 0 Å². The molecule has 0 atom stereocenters. The standard InChI is InChI=1S/C17H32N2/c1-15(2)19-13-17(14-19)8-10-18(11-9-17)12-16-6-4-3-5-7-16/h15-16H,3-14H2,1-2H3. The van der Waals surface area contributed by atoms with Gasteiger partial charge in [0.25, 0.3) is 0 Å². The van der Waals surface area contributed by atoms with Crippen LogP contribution in [0.3, 0.4) is 0 Å². The molecule has 0 aromatic heterocycles. The van der Waals surface area contributed by atoms with Gasteiger partial charge in [0.15, 0.2) is 0 Å². The molecule has 0 unspecified atom stereocenters. The zero-order chi connectivity index (χ0) is 13.3. The van der Waals surface area contributed by atoms with Crippen LogP contribution in [0.2, 0.25) is 0 Å². The molecular formula is C17H32N2. The number of rotatable bonds is 3. The van der Waals surface area contributed by atoms with Crippen molar-refractivity contribution in [3.63, 3.8) is 0 Å². The average Bonchev–Trinajstić information content (AvgIpc) is 2.38. The number of piperidine rings is 1. The van der Waals surface area contributed by atoms with Gasteiger partial charge >= 0.3 is 0 Å². The van der Waals surface area contributed by atoms with Crippen LogP contribution >= 0.6 is 0 Å². The Labute approximate surface area is 119 Å². The molecule has 0 N–H and O–H groups in total. The molecule has 2 heterocycles. The quantitative estimate of drug-likeness (QED) is 0.771. The molecule has 19 heavy (non-hydrogen) atoms. The van der Waals surface area contributed by atoms with Crippen LogP contribution in [0, 0.1) is 11.3 Å². The summed E-state index contributed by atoms with van der Waals surface area (Å²) in [6.45, 7) is 11.6. The maximum absolute atomic E-state index is 2.78. The largest absolute Gasteiger partial charge is 0.303 e.